The van der Waals surface area contributed by atoms with Gasteiger partial charge in [-0.25, -0.2) is 0 Å². The molecule has 1 N–H and O–H groups in total. The second kappa shape index (κ2) is 7.94. The van der Waals surface area contributed by atoms with Gasteiger partial charge in [-0.15, -0.1) is 0 Å². The minimum absolute atomic E-state index is 0.495. The number of nitrogens with one attached hydrogen (secondary N) is 1. The van der Waals surface area contributed by atoms with Gasteiger partial charge in [-0.2, -0.15) is 11.8 Å². The van der Waals surface area contributed by atoms with Crippen molar-refractivity contribution in [2.75, 3.05) is 30.3 Å². The molecule has 1 saturated heterocycles. The first-order chi connectivity index (χ1) is 9.78. The molecular weight excluding hydrogens is 264 g/mol. The summed E-state index contributed by atoms with van der Waals surface area (Å²) in [6.45, 7) is 10.1. The van der Waals surface area contributed by atoms with Crippen LogP contribution in [0.25, 0.3) is 0 Å². The third-order valence-corrected chi connectivity index (χ3v) is 5.49. The first-order valence-corrected chi connectivity index (χ1v) is 9.03. The number of anilines is 1. The Bertz CT molecular complexity index is 390. The van der Waals surface area contributed by atoms with E-state index in [-0.39, 0.29) is 0 Å². The Labute approximate surface area is 128 Å². The zero-order valence-corrected chi connectivity index (χ0v) is 13.9. The molecule has 1 fully saturated rings. The van der Waals surface area contributed by atoms with Gasteiger partial charge in [-0.3, -0.25) is 0 Å². The monoisotopic (exact) mass is 292 g/mol. The van der Waals surface area contributed by atoms with Crippen molar-refractivity contribution < 1.29 is 0 Å². The summed E-state index contributed by atoms with van der Waals surface area (Å²) in [5, 5.41) is 4.35. The van der Waals surface area contributed by atoms with Gasteiger partial charge in [0.05, 0.1) is 0 Å². The fourth-order valence-corrected chi connectivity index (χ4v) is 4.04. The highest BCUT2D eigenvalue weighted by Crippen LogP contribution is 2.27. The molecule has 2 atom stereocenters. The number of hydrogen-bond donors (Lipinski definition) is 1. The van der Waals surface area contributed by atoms with E-state index >= 15 is 0 Å². The molecule has 1 aliphatic heterocycles. The number of hydrogen-bond acceptors (Lipinski definition) is 3. The van der Waals surface area contributed by atoms with Crippen LogP contribution in [0.2, 0.25) is 0 Å². The van der Waals surface area contributed by atoms with Crippen molar-refractivity contribution in [3.8, 4) is 0 Å². The summed E-state index contributed by atoms with van der Waals surface area (Å²) in [5.74, 6) is 1.26. The number of benzene rings is 1. The molecule has 1 heterocycles. The first-order valence-electron chi connectivity index (χ1n) is 7.98. The summed E-state index contributed by atoms with van der Waals surface area (Å²) in [7, 11) is 0. The van der Waals surface area contributed by atoms with Crippen LogP contribution in [0.4, 0.5) is 5.69 Å². The van der Waals surface area contributed by atoms with Crippen molar-refractivity contribution in [3.05, 3.63) is 29.8 Å². The van der Waals surface area contributed by atoms with Gasteiger partial charge in [0.1, 0.15) is 0 Å². The molecule has 0 aromatic heterocycles. The Morgan fingerprint density at radius 2 is 2.00 bits per heavy atom. The van der Waals surface area contributed by atoms with E-state index in [4.69, 9.17) is 0 Å². The maximum Gasteiger partial charge on any atom is 0.0367 e. The van der Waals surface area contributed by atoms with Gasteiger partial charge in [0.2, 0.25) is 0 Å². The van der Waals surface area contributed by atoms with Gasteiger partial charge in [-0.05, 0) is 37.1 Å². The predicted octanol–water partition coefficient (Wildman–Crippen LogP) is 4.08. The van der Waals surface area contributed by atoms with Gasteiger partial charge >= 0.3 is 0 Å². The third kappa shape index (κ3) is 3.92. The fraction of sp³-hybridized carbons (Fsp3) is 0.647. The van der Waals surface area contributed by atoms with Crippen LogP contribution in [0.1, 0.15) is 45.2 Å². The van der Waals surface area contributed by atoms with E-state index < -0.39 is 0 Å². The van der Waals surface area contributed by atoms with Crippen LogP contribution in [0.15, 0.2) is 24.3 Å². The van der Waals surface area contributed by atoms with Crippen LogP contribution in [0, 0.1) is 0 Å². The number of thioether (sulfide) groups is 1. The van der Waals surface area contributed by atoms with Crippen molar-refractivity contribution in [3.63, 3.8) is 0 Å². The Morgan fingerprint density at radius 1 is 1.25 bits per heavy atom. The van der Waals surface area contributed by atoms with Crippen LogP contribution < -0.4 is 10.2 Å². The van der Waals surface area contributed by atoms with Gasteiger partial charge in [0, 0.05) is 35.8 Å². The lowest BCUT2D eigenvalue weighted by Crippen LogP contribution is -2.37. The fourth-order valence-electron chi connectivity index (χ4n) is 2.86. The standard InChI is InChI=1S/C17H28N2S/c1-4-16-13-19(11-12-20-16)15-9-7-14(8-10-15)17(5-2)18-6-3/h7-10,16-18H,4-6,11-13H2,1-3H3. The van der Waals surface area contributed by atoms with E-state index in [1.54, 1.807) is 0 Å². The molecule has 0 aliphatic carbocycles. The second-order valence-electron chi connectivity index (χ2n) is 5.46. The zero-order chi connectivity index (χ0) is 14.4. The third-order valence-electron chi connectivity index (χ3n) is 4.11. The van der Waals surface area contributed by atoms with Gasteiger partial charge < -0.3 is 10.2 Å². The molecule has 2 nitrogen and oxygen atoms in total. The van der Waals surface area contributed by atoms with Gasteiger partial charge in [0.25, 0.3) is 0 Å². The summed E-state index contributed by atoms with van der Waals surface area (Å²) in [6.07, 6.45) is 2.42. The molecular formula is C17H28N2S. The molecule has 1 aromatic carbocycles. The number of rotatable bonds is 6. The van der Waals surface area contributed by atoms with E-state index in [1.165, 1.54) is 36.5 Å². The maximum absolute atomic E-state index is 3.55. The Balaban J connectivity index is 2.03. The van der Waals surface area contributed by atoms with E-state index in [2.05, 4.69) is 67.0 Å². The van der Waals surface area contributed by atoms with Crippen LogP contribution >= 0.6 is 11.8 Å². The molecule has 112 valence electrons. The van der Waals surface area contributed by atoms with Crippen molar-refractivity contribution in [1.82, 2.24) is 5.32 Å². The lowest BCUT2D eigenvalue weighted by atomic mass is 10.0. The van der Waals surface area contributed by atoms with Crippen molar-refractivity contribution in [1.29, 1.82) is 0 Å². The normalized spacial score (nSPS) is 20.9. The minimum Gasteiger partial charge on any atom is -0.370 e. The molecule has 2 unspecified atom stereocenters. The van der Waals surface area contributed by atoms with Crippen molar-refractivity contribution in [2.45, 2.75) is 44.9 Å². The van der Waals surface area contributed by atoms with Crippen LogP contribution in [-0.4, -0.2) is 30.6 Å². The van der Waals surface area contributed by atoms with E-state index in [9.17, 15) is 0 Å². The summed E-state index contributed by atoms with van der Waals surface area (Å²) in [5.41, 5.74) is 2.80. The molecule has 3 heteroatoms. The molecule has 0 radical (unpaired) electrons. The largest absolute Gasteiger partial charge is 0.370 e. The highest BCUT2D eigenvalue weighted by Gasteiger charge is 2.19. The maximum atomic E-state index is 3.55. The molecule has 1 aliphatic rings. The highest BCUT2D eigenvalue weighted by atomic mass is 32.2. The molecule has 1 aromatic rings. The van der Waals surface area contributed by atoms with E-state index in [0.717, 1.165) is 18.2 Å². The summed E-state index contributed by atoms with van der Waals surface area (Å²) >= 11 is 2.13. The average molecular weight is 292 g/mol. The molecule has 0 spiro atoms. The first kappa shape index (κ1) is 15.7. The Morgan fingerprint density at radius 3 is 2.60 bits per heavy atom. The second-order valence-corrected chi connectivity index (χ2v) is 6.87. The van der Waals surface area contributed by atoms with Crippen LogP contribution in [0.3, 0.4) is 0 Å². The van der Waals surface area contributed by atoms with Crippen molar-refractivity contribution >= 4 is 17.4 Å². The molecule has 0 amide bonds. The van der Waals surface area contributed by atoms with Crippen LogP contribution in [0.5, 0.6) is 0 Å². The Kier molecular flexibility index (Phi) is 6.24. The minimum atomic E-state index is 0.495. The predicted molar refractivity (Wildman–Crippen MR) is 91.9 cm³/mol. The summed E-state index contributed by atoms with van der Waals surface area (Å²) in [6, 6.07) is 9.70. The molecule has 0 saturated carbocycles. The SMILES string of the molecule is CCNC(CC)c1ccc(N2CCSC(CC)C2)cc1. The lowest BCUT2D eigenvalue weighted by molar-refractivity contribution is 0.537. The molecule has 20 heavy (non-hydrogen) atoms. The average Bonchev–Trinajstić information content (AvgIpc) is 2.53. The van der Waals surface area contributed by atoms with E-state index in [0.29, 0.717) is 6.04 Å². The van der Waals surface area contributed by atoms with E-state index in [1.807, 2.05) is 0 Å². The zero-order valence-electron chi connectivity index (χ0n) is 13.1. The van der Waals surface area contributed by atoms with Gasteiger partial charge in [-0.1, -0.05) is 32.9 Å². The topological polar surface area (TPSA) is 15.3 Å². The number of nitrogens with zero attached hydrogens (tertiary/aromatic N) is 1. The smallest absolute Gasteiger partial charge is 0.0367 e. The van der Waals surface area contributed by atoms with Crippen molar-refractivity contribution in [2.24, 2.45) is 0 Å². The van der Waals surface area contributed by atoms with Gasteiger partial charge in [0.15, 0.2) is 0 Å². The summed E-state index contributed by atoms with van der Waals surface area (Å²) in [4.78, 5) is 2.54. The lowest BCUT2D eigenvalue weighted by Gasteiger charge is -2.34. The quantitative estimate of drug-likeness (QED) is 0.850. The van der Waals surface area contributed by atoms with Crippen LogP contribution in [-0.2, 0) is 0 Å². The summed E-state index contributed by atoms with van der Waals surface area (Å²) < 4.78 is 0. The molecule has 2 rings (SSSR count). The molecule has 0 bridgehead atoms. The highest BCUT2D eigenvalue weighted by molar-refractivity contribution is 8.00. The Hall–Kier alpha value is -0.670.